The lowest BCUT2D eigenvalue weighted by atomic mass is 9.77. The van der Waals surface area contributed by atoms with Gasteiger partial charge in [0.1, 0.15) is 0 Å². The molecule has 0 aromatic heterocycles. The quantitative estimate of drug-likeness (QED) is 0.381. The van der Waals surface area contributed by atoms with Gasteiger partial charge >= 0.3 is 5.97 Å². The highest BCUT2D eigenvalue weighted by Crippen LogP contribution is 2.37. The van der Waals surface area contributed by atoms with Crippen molar-refractivity contribution in [2.45, 2.75) is 58.3 Å². The number of hydrogen-bond acceptors (Lipinski definition) is 5. The van der Waals surface area contributed by atoms with Crippen LogP contribution in [0.5, 0.6) is 11.5 Å². The van der Waals surface area contributed by atoms with Crippen LogP contribution in [0.25, 0.3) is 0 Å². The monoisotopic (exact) mass is 496 g/mol. The molecule has 1 aliphatic rings. The molecule has 0 radical (unpaired) electrons. The Morgan fingerprint density at radius 1 is 0.917 bits per heavy atom. The van der Waals surface area contributed by atoms with E-state index in [1.165, 1.54) is 5.56 Å². The second kappa shape index (κ2) is 13.5. The molecule has 8 heteroatoms. The predicted molar refractivity (Wildman–Crippen MR) is 138 cm³/mol. The van der Waals surface area contributed by atoms with Gasteiger partial charge in [-0.15, -0.1) is 0 Å². The zero-order valence-corrected chi connectivity index (χ0v) is 21.0. The van der Waals surface area contributed by atoms with Crippen molar-refractivity contribution in [2.24, 2.45) is 5.92 Å². The van der Waals surface area contributed by atoms with E-state index in [0.29, 0.717) is 41.9 Å². The first kappa shape index (κ1) is 27.0. The van der Waals surface area contributed by atoms with E-state index in [2.05, 4.69) is 10.6 Å². The molecule has 8 nitrogen and oxygen atoms in total. The molecule has 2 aromatic carbocycles. The van der Waals surface area contributed by atoms with Gasteiger partial charge in [0, 0.05) is 30.6 Å². The average molecular weight is 497 g/mol. The van der Waals surface area contributed by atoms with Crippen LogP contribution >= 0.6 is 0 Å². The fraction of sp³-hybridized carbons (Fsp3) is 0.464. The predicted octanol–water partition coefficient (Wildman–Crippen LogP) is 4.99. The number of carbonyl (C=O) groups is 3. The van der Waals surface area contributed by atoms with Crippen molar-refractivity contribution in [3.8, 4) is 11.5 Å². The van der Waals surface area contributed by atoms with Gasteiger partial charge in [0.05, 0.1) is 13.2 Å². The number of hydrogen-bond donors (Lipinski definition) is 3. The van der Waals surface area contributed by atoms with E-state index in [4.69, 9.17) is 14.6 Å². The van der Waals surface area contributed by atoms with Gasteiger partial charge < -0.3 is 25.2 Å². The second-order valence-electron chi connectivity index (χ2n) is 9.02. The van der Waals surface area contributed by atoms with E-state index >= 15 is 0 Å². The van der Waals surface area contributed by atoms with E-state index in [0.717, 1.165) is 25.7 Å². The largest absolute Gasteiger partial charge is 0.490 e. The number of benzene rings is 2. The van der Waals surface area contributed by atoms with E-state index < -0.39 is 5.97 Å². The maximum Gasteiger partial charge on any atom is 0.303 e. The molecule has 1 fully saturated rings. The van der Waals surface area contributed by atoms with Crippen molar-refractivity contribution in [1.82, 2.24) is 5.32 Å². The first-order valence-corrected chi connectivity index (χ1v) is 12.7. The number of aliphatic carboxylic acids is 1. The van der Waals surface area contributed by atoms with Crippen molar-refractivity contribution >= 4 is 23.5 Å². The molecule has 36 heavy (non-hydrogen) atoms. The number of ether oxygens (including phenoxy) is 2. The normalized spacial score (nSPS) is 17.2. The standard InChI is InChI=1S/C28H36N2O6/c1-3-35-24-14-11-22(18-25(24)36-4-2)28(34)29-16-15-26(31)30-23-12-9-21(10-13-23)20-7-5-19(6-8-20)17-27(32)33/h9-14,18-20H,3-8,15-17H2,1-2H3,(H,29,34)(H,30,31)(H,32,33)/t19-,20-. The summed E-state index contributed by atoms with van der Waals surface area (Å²) in [6.07, 6.45) is 4.26. The number of amides is 2. The Bertz CT molecular complexity index is 1030. The van der Waals surface area contributed by atoms with Crippen LogP contribution in [0.2, 0.25) is 0 Å². The molecule has 1 saturated carbocycles. The van der Waals surface area contributed by atoms with Gasteiger partial charge in [-0.3, -0.25) is 14.4 Å². The second-order valence-corrected chi connectivity index (χ2v) is 9.02. The van der Waals surface area contributed by atoms with Crippen LogP contribution in [-0.4, -0.2) is 42.6 Å². The third-order valence-electron chi connectivity index (χ3n) is 6.42. The van der Waals surface area contributed by atoms with Crippen LogP contribution in [0, 0.1) is 5.92 Å². The van der Waals surface area contributed by atoms with Crippen molar-refractivity contribution in [3.63, 3.8) is 0 Å². The van der Waals surface area contributed by atoms with Gasteiger partial charge in [-0.2, -0.15) is 0 Å². The van der Waals surface area contributed by atoms with E-state index in [9.17, 15) is 14.4 Å². The van der Waals surface area contributed by atoms with Crippen LogP contribution in [-0.2, 0) is 9.59 Å². The summed E-state index contributed by atoms with van der Waals surface area (Å²) in [5.41, 5.74) is 2.37. The van der Waals surface area contributed by atoms with E-state index in [1.54, 1.807) is 18.2 Å². The number of carboxylic acid groups (broad SMARTS) is 1. The highest BCUT2D eigenvalue weighted by molar-refractivity contribution is 5.95. The zero-order chi connectivity index (χ0) is 25.9. The van der Waals surface area contributed by atoms with E-state index in [-0.39, 0.29) is 37.1 Å². The van der Waals surface area contributed by atoms with Crippen molar-refractivity contribution in [1.29, 1.82) is 0 Å². The fourth-order valence-electron chi connectivity index (χ4n) is 4.59. The molecular formula is C28H36N2O6. The average Bonchev–Trinajstić information content (AvgIpc) is 2.86. The molecule has 0 saturated heterocycles. The summed E-state index contributed by atoms with van der Waals surface area (Å²) in [6.45, 7) is 4.91. The molecule has 0 atom stereocenters. The summed E-state index contributed by atoms with van der Waals surface area (Å²) in [4.78, 5) is 35.8. The zero-order valence-electron chi connectivity index (χ0n) is 21.0. The minimum atomic E-state index is -0.718. The molecule has 194 valence electrons. The lowest BCUT2D eigenvalue weighted by molar-refractivity contribution is -0.138. The molecule has 2 amide bonds. The molecule has 3 N–H and O–H groups in total. The topological polar surface area (TPSA) is 114 Å². The fourth-order valence-corrected chi connectivity index (χ4v) is 4.59. The maximum absolute atomic E-state index is 12.5. The summed E-state index contributed by atoms with van der Waals surface area (Å²) in [6, 6.07) is 12.9. The Balaban J connectivity index is 1.43. The maximum atomic E-state index is 12.5. The van der Waals surface area contributed by atoms with Crippen LogP contribution in [0.3, 0.4) is 0 Å². The lowest BCUT2D eigenvalue weighted by Gasteiger charge is -2.28. The van der Waals surface area contributed by atoms with Crippen molar-refractivity contribution < 1.29 is 29.0 Å². The summed E-state index contributed by atoms with van der Waals surface area (Å²) < 4.78 is 11.1. The number of nitrogens with one attached hydrogen (secondary N) is 2. The first-order valence-electron chi connectivity index (χ1n) is 12.7. The molecule has 0 unspecified atom stereocenters. The Morgan fingerprint density at radius 3 is 2.22 bits per heavy atom. The number of carbonyl (C=O) groups excluding carboxylic acids is 2. The number of rotatable bonds is 12. The Labute approximate surface area is 212 Å². The van der Waals surface area contributed by atoms with Crippen LogP contribution in [0.15, 0.2) is 42.5 Å². The van der Waals surface area contributed by atoms with Crippen LogP contribution in [0.4, 0.5) is 5.69 Å². The lowest BCUT2D eigenvalue weighted by Crippen LogP contribution is -2.27. The highest BCUT2D eigenvalue weighted by atomic mass is 16.5. The smallest absolute Gasteiger partial charge is 0.303 e. The Hall–Kier alpha value is -3.55. The van der Waals surface area contributed by atoms with Gasteiger partial charge in [-0.1, -0.05) is 12.1 Å². The minimum Gasteiger partial charge on any atom is -0.490 e. The SMILES string of the molecule is CCOc1ccc(C(=O)NCCC(=O)Nc2ccc([C@H]3CC[C@H](CC(=O)O)CC3)cc2)cc1OCC. The molecule has 1 aliphatic carbocycles. The Kier molecular flexibility index (Phi) is 10.2. The molecule has 0 bridgehead atoms. The van der Waals surface area contributed by atoms with Gasteiger partial charge in [-0.05, 0) is 87.3 Å². The summed E-state index contributed by atoms with van der Waals surface area (Å²) >= 11 is 0. The third-order valence-corrected chi connectivity index (χ3v) is 6.42. The molecule has 3 rings (SSSR count). The van der Waals surface area contributed by atoms with Gasteiger partial charge in [0.15, 0.2) is 11.5 Å². The molecule has 2 aromatic rings. The van der Waals surface area contributed by atoms with Gasteiger partial charge in [-0.25, -0.2) is 0 Å². The summed E-state index contributed by atoms with van der Waals surface area (Å²) in [5.74, 6) is 0.631. The summed E-state index contributed by atoms with van der Waals surface area (Å²) in [7, 11) is 0. The summed E-state index contributed by atoms with van der Waals surface area (Å²) in [5, 5.41) is 14.6. The Morgan fingerprint density at radius 2 is 1.58 bits per heavy atom. The minimum absolute atomic E-state index is 0.149. The van der Waals surface area contributed by atoms with Gasteiger partial charge in [0.2, 0.25) is 5.91 Å². The molecular weight excluding hydrogens is 460 g/mol. The van der Waals surface area contributed by atoms with Crippen molar-refractivity contribution in [3.05, 3.63) is 53.6 Å². The number of carboxylic acids is 1. The molecule has 0 aliphatic heterocycles. The highest BCUT2D eigenvalue weighted by Gasteiger charge is 2.24. The first-order chi connectivity index (χ1) is 17.4. The third kappa shape index (κ3) is 8.00. The van der Waals surface area contributed by atoms with Crippen LogP contribution in [0.1, 0.15) is 74.2 Å². The van der Waals surface area contributed by atoms with E-state index in [1.807, 2.05) is 38.1 Å². The van der Waals surface area contributed by atoms with Crippen LogP contribution < -0.4 is 20.1 Å². The van der Waals surface area contributed by atoms with Crippen molar-refractivity contribution in [2.75, 3.05) is 25.1 Å². The molecule has 0 heterocycles. The number of anilines is 1. The van der Waals surface area contributed by atoms with Gasteiger partial charge in [0.25, 0.3) is 5.91 Å². The molecule has 0 spiro atoms.